The van der Waals surface area contributed by atoms with Gasteiger partial charge in [0.15, 0.2) is 0 Å². The van der Waals surface area contributed by atoms with Gasteiger partial charge >= 0.3 is 6.03 Å². The quantitative estimate of drug-likeness (QED) is 0.653. The Kier molecular flexibility index (Phi) is 4.40. The van der Waals surface area contributed by atoms with Crippen LogP contribution in [0.1, 0.15) is 21.6 Å². The number of hydrazine groups is 1. The lowest BCUT2D eigenvalue weighted by atomic mass is 10.2. The number of ether oxygens (including phenoxy) is 1. The topological polar surface area (TPSA) is 105 Å². The molecule has 142 valence electrons. The van der Waals surface area contributed by atoms with E-state index in [-0.39, 0.29) is 6.54 Å². The Bertz CT molecular complexity index is 1070. The van der Waals surface area contributed by atoms with E-state index in [9.17, 15) is 14.4 Å². The van der Waals surface area contributed by atoms with E-state index >= 15 is 0 Å². The van der Waals surface area contributed by atoms with E-state index < -0.39 is 17.8 Å². The number of imidazole rings is 1. The van der Waals surface area contributed by atoms with Crippen molar-refractivity contribution < 1.29 is 19.1 Å². The fraction of sp³-hybridized carbons (Fsp3) is 0.158. The molecule has 1 aliphatic rings. The zero-order valence-corrected chi connectivity index (χ0v) is 15.0. The number of hydrogen-bond donors (Lipinski definition) is 2. The summed E-state index contributed by atoms with van der Waals surface area (Å²) in [4.78, 5) is 39.3. The van der Waals surface area contributed by atoms with E-state index in [1.54, 1.807) is 24.3 Å². The van der Waals surface area contributed by atoms with Gasteiger partial charge in [-0.25, -0.2) is 14.8 Å². The molecule has 0 saturated carbocycles. The summed E-state index contributed by atoms with van der Waals surface area (Å²) in [7, 11) is 0. The van der Waals surface area contributed by atoms with Crippen LogP contribution in [0.15, 0.2) is 48.8 Å². The summed E-state index contributed by atoms with van der Waals surface area (Å²) in [5, 5.41) is 3.01. The van der Waals surface area contributed by atoms with Gasteiger partial charge in [-0.05, 0) is 42.8 Å². The van der Waals surface area contributed by atoms with Crippen molar-refractivity contribution in [1.29, 1.82) is 0 Å². The fourth-order valence-corrected chi connectivity index (χ4v) is 2.85. The molecular weight excluding hydrogens is 362 g/mol. The van der Waals surface area contributed by atoms with Crippen molar-refractivity contribution in [2.24, 2.45) is 0 Å². The molecule has 3 aromatic rings. The Morgan fingerprint density at radius 1 is 1.25 bits per heavy atom. The maximum Gasteiger partial charge on any atom is 0.343 e. The number of carbonyl (C=O) groups excluding carboxylic acids is 3. The number of fused-ring (bicyclic) bond motifs is 1. The van der Waals surface area contributed by atoms with Crippen molar-refractivity contribution in [2.45, 2.75) is 13.5 Å². The smallest absolute Gasteiger partial charge is 0.343 e. The minimum Gasteiger partial charge on any atom is -0.487 e. The zero-order valence-electron chi connectivity index (χ0n) is 15.0. The number of aromatic nitrogens is 2. The average Bonchev–Trinajstić information content (AvgIpc) is 3.24. The van der Waals surface area contributed by atoms with E-state index in [2.05, 4.69) is 15.7 Å². The molecule has 9 nitrogen and oxygen atoms in total. The lowest BCUT2D eigenvalue weighted by molar-refractivity contribution is -0.118. The zero-order chi connectivity index (χ0) is 19.7. The summed E-state index contributed by atoms with van der Waals surface area (Å²) >= 11 is 0. The van der Waals surface area contributed by atoms with Crippen LogP contribution < -0.4 is 15.5 Å². The molecule has 2 aromatic heterocycles. The first kappa shape index (κ1) is 17.5. The van der Waals surface area contributed by atoms with E-state index in [4.69, 9.17) is 4.74 Å². The largest absolute Gasteiger partial charge is 0.487 e. The minimum absolute atomic E-state index is 0.204. The van der Waals surface area contributed by atoms with Gasteiger partial charge in [-0.1, -0.05) is 6.07 Å². The van der Waals surface area contributed by atoms with E-state index in [1.807, 2.05) is 35.9 Å². The number of pyridine rings is 1. The lowest BCUT2D eigenvalue weighted by Crippen LogP contribution is -2.44. The van der Waals surface area contributed by atoms with Crippen LogP contribution in [-0.4, -0.2) is 38.8 Å². The predicted molar refractivity (Wildman–Crippen MR) is 98.4 cm³/mol. The van der Waals surface area contributed by atoms with E-state index in [0.717, 1.165) is 21.9 Å². The molecule has 3 heterocycles. The maximum absolute atomic E-state index is 12.2. The number of nitrogens with one attached hydrogen (secondary N) is 2. The highest BCUT2D eigenvalue weighted by atomic mass is 16.5. The van der Waals surface area contributed by atoms with Crippen LogP contribution in [0.3, 0.4) is 0 Å². The molecule has 1 fully saturated rings. The molecule has 0 atom stereocenters. The highest BCUT2D eigenvalue weighted by Gasteiger charge is 2.28. The van der Waals surface area contributed by atoms with E-state index in [0.29, 0.717) is 17.9 Å². The predicted octanol–water partition coefficient (Wildman–Crippen LogP) is 1.42. The molecule has 0 spiro atoms. The average molecular weight is 379 g/mol. The van der Waals surface area contributed by atoms with Crippen molar-refractivity contribution in [2.75, 3.05) is 6.54 Å². The third kappa shape index (κ3) is 3.50. The molecule has 0 bridgehead atoms. The van der Waals surface area contributed by atoms with Crippen molar-refractivity contribution in [3.63, 3.8) is 0 Å². The van der Waals surface area contributed by atoms with Crippen molar-refractivity contribution in [3.8, 4) is 5.75 Å². The van der Waals surface area contributed by atoms with Gasteiger partial charge in [-0.3, -0.25) is 20.3 Å². The second kappa shape index (κ2) is 7.03. The first-order chi connectivity index (χ1) is 13.5. The van der Waals surface area contributed by atoms with Crippen molar-refractivity contribution in [1.82, 2.24) is 25.1 Å². The number of hydrogen-bond acceptors (Lipinski definition) is 5. The molecule has 28 heavy (non-hydrogen) atoms. The van der Waals surface area contributed by atoms with E-state index in [1.165, 1.54) is 0 Å². The summed E-state index contributed by atoms with van der Waals surface area (Å²) < 4.78 is 7.68. The molecule has 0 unspecified atom stereocenters. The molecule has 1 aromatic carbocycles. The highest BCUT2D eigenvalue weighted by Crippen LogP contribution is 2.16. The number of carbonyl (C=O) groups is 3. The Hall–Kier alpha value is -3.88. The van der Waals surface area contributed by atoms with Crippen LogP contribution in [0.5, 0.6) is 5.75 Å². The second-order valence-electron chi connectivity index (χ2n) is 6.35. The second-order valence-corrected chi connectivity index (χ2v) is 6.35. The third-order valence-electron chi connectivity index (χ3n) is 4.26. The van der Waals surface area contributed by atoms with Gasteiger partial charge in [-0.15, -0.1) is 0 Å². The molecule has 4 rings (SSSR count). The van der Waals surface area contributed by atoms with Crippen molar-refractivity contribution >= 4 is 23.5 Å². The normalized spacial score (nSPS) is 13.7. The molecule has 1 aliphatic heterocycles. The SMILES string of the molecule is Cc1cccn2cc(COc3ccc(C(=O)NN4CC(=O)NC4=O)cc3)nc12. The summed E-state index contributed by atoms with van der Waals surface area (Å²) in [6.45, 7) is 2.09. The Balaban J connectivity index is 1.37. The molecule has 9 heteroatoms. The number of rotatable bonds is 5. The first-order valence-corrected chi connectivity index (χ1v) is 8.58. The lowest BCUT2D eigenvalue weighted by Gasteiger charge is -2.14. The third-order valence-corrected chi connectivity index (χ3v) is 4.26. The summed E-state index contributed by atoms with van der Waals surface area (Å²) in [5.41, 5.74) is 5.48. The van der Waals surface area contributed by atoms with Gasteiger partial charge in [0.25, 0.3) is 5.91 Å². The molecule has 0 aliphatic carbocycles. The maximum atomic E-state index is 12.2. The molecule has 0 radical (unpaired) electrons. The molecule has 1 saturated heterocycles. The first-order valence-electron chi connectivity index (χ1n) is 8.58. The van der Waals surface area contributed by atoms with Crippen LogP contribution in [-0.2, 0) is 11.4 Å². The Morgan fingerprint density at radius 2 is 2.04 bits per heavy atom. The Morgan fingerprint density at radius 3 is 2.71 bits per heavy atom. The van der Waals surface area contributed by atoms with Gasteiger partial charge in [0.1, 0.15) is 24.5 Å². The van der Waals surface area contributed by atoms with Gasteiger partial charge in [0.2, 0.25) is 5.91 Å². The van der Waals surface area contributed by atoms with Gasteiger partial charge < -0.3 is 9.14 Å². The van der Waals surface area contributed by atoms with Crippen LogP contribution in [0.25, 0.3) is 5.65 Å². The monoisotopic (exact) mass is 379 g/mol. The summed E-state index contributed by atoms with van der Waals surface area (Å²) in [5.74, 6) is -0.372. The molecule has 4 amide bonds. The van der Waals surface area contributed by atoms with Gasteiger partial charge in [0, 0.05) is 18.0 Å². The fourth-order valence-electron chi connectivity index (χ4n) is 2.85. The van der Waals surface area contributed by atoms with Crippen LogP contribution in [0.4, 0.5) is 4.79 Å². The summed E-state index contributed by atoms with van der Waals surface area (Å²) in [6.07, 6.45) is 3.84. The van der Waals surface area contributed by atoms with Crippen LogP contribution in [0.2, 0.25) is 0 Å². The van der Waals surface area contributed by atoms with Gasteiger partial charge in [-0.2, -0.15) is 0 Å². The Labute approximate surface area is 159 Å². The molecular formula is C19H17N5O4. The van der Waals surface area contributed by atoms with Crippen LogP contribution in [0, 0.1) is 6.92 Å². The van der Waals surface area contributed by atoms with Gasteiger partial charge in [0.05, 0.1) is 5.69 Å². The number of amides is 4. The van der Waals surface area contributed by atoms with Crippen molar-refractivity contribution in [3.05, 3.63) is 65.6 Å². The minimum atomic E-state index is -0.652. The number of benzene rings is 1. The number of imide groups is 1. The number of aryl methyl sites for hydroxylation is 1. The van der Waals surface area contributed by atoms with Crippen LogP contribution >= 0.6 is 0 Å². The number of nitrogens with zero attached hydrogens (tertiary/aromatic N) is 3. The molecule has 2 N–H and O–H groups in total. The summed E-state index contributed by atoms with van der Waals surface area (Å²) in [6, 6.07) is 9.78. The standard InChI is InChI=1S/C19H17N5O4/c1-12-3-2-8-23-9-14(20-17(12)23)11-28-15-6-4-13(5-7-15)18(26)22-24-10-16(25)21-19(24)27/h2-9H,10-11H2,1H3,(H,22,26)(H,21,25,27). The highest BCUT2D eigenvalue weighted by molar-refractivity contribution is 6.04. The number of urea groups is 1.